The van der Waals surface area contributed by atoms with Crippen molar-refractivity contribution in [2.24, 2.45) is 5.90 Å². The summed E-state index contributed by atoms with van der Waals surface area (Å²) in [6.45, 7) is 0.0339. The fourth-order valence-electron chi connectivity index (χ4n) is 1.95. The van der Waals surface area contributed by atoms with Crippen molar-refractivity contribution in [2.75, 3.05) is 0 Å². The maximum absolute atomic E-state index is 13.7. The maximum atomic E-state index is 13.7. The van der Waals surface area contributed by atoms with Crippen LogP contribution < -0.4 is 5.90 Å². The number of hydrogen-bond donors (Lipinski definition) is 1. The molecular weight excluding hydrogens is 249 g/mol. The van der Waals surface area contributed by atoms with Gasteiger partial charge in [0.15, 0.2) is 0 Å². The van der Waals surface area contributed by atoms with Crippen LogP contribution in [-0.2, 0) is 11.4 Å². The summed E-state index contributed by atoms with van der Waals surface area (Å²) >= 11 is 0. The Morgan fingerprint density at radius 2 is 1.95 bits per heavy atom. The van der Waals surface area contributed by atoms with E-state index in [2.05, 4.69) is 15.0 Å². The van der Waals surface area contributed by atoms with E-state index < -0.39 is 0 Å². The summed E-state index contributed by atoms with van der Waals surface area (Å²) in [6, 6.07) is 10.1. The zero-order valence-corrected chi connectivity index (χ0v) is 9.84. The number of aromatic nitrogens is 2. The molecule has 0 amide bonds. The average Bonchev–Trinajstić information content (AvgIpc) is 2.88. The highest BCUT2D eigenvalue weighted by Gasteiger charge is 2.13. The van der Waals surface area contributed by atoms with E-state index in [1.165, 1.54) is 6.07 Å². The molecule has 5 nitrogen and oxygen atoms in total. The van der Waals surface area contributed by atoms with Gasteiger partial charge in [-0.1, -0.05) is 29.4 Å². The van der Waals surface area contributed by atoms with Crippen LogP contribution in [0.2, 0.25) is 0 Å². The van der Waals surface area contributed by atoms with E-state index in [0.717, 1.165) is 5.39 Å². The fourth-order valence-corrected chi connectivity index (χ4v) is 1.95. The molecule has 0 bridgehead atoms. The van der Waals surface area contributed by atoms with Crippen LogP contribution in [0.3, 0.4) is 0 Å². The maximum Gasteiger partial charge on any atom is 0.255 e. The van der Waals surface area contributed by atoms with Gasteiger partial charge in [-0.25, -0.2) is 10.3 Å². The molecule has 0 fully saturated rings. The number of nitrogens with zero attached hydrogens (tertiary/aromatic N) is 2. The van der Waals surface area contributed by atoms with Gasteiger partial charge in [-0.3, -0.25) is 4.84 Å². The lowest BCUT2D eigenvalue weighted by Crippen LogP contribution is -1.98. The van der Waals surface area contributed by atoms with Crippen molar-refractivity contribution in [1.82, 2.24) is 10.1 Å². The molecule has 3 rings (SSSR count). The third kappa shape index (κ3) is 2.07. The van der Waals surface area contributed by atoms with E-state index in [4.69, 9.17) is 10.4 Å². The number of nitrogens with two attached hydrogens (primary N) is 1. The van der Waals surface area contributed by atoms with Gasteiger partial charge < -0.3 is 4.52 Å². The lowest BCUT2D eigenvalue weighted by atomic mass is 10.0. The minimum atomic E-state index is -0.284. The van der Waals surface area contributed by atoms with Gasteiger partial charge in [0.05, 0.1) is 0 Å². The normalized spacial score (nSPS) is 11.1. The topological polar surface area (TPSA) is 74.2 Å². The Kier molecular flexibility index (Phi) is 2.94. The minimum absolute atomic E-state index is 0.0339. The molecule has 2 N–H and O–H groups in total. The van der Waals surface area contributed by atoms with E-state index in [1.807, 2.05) is 12.1 Å². The van der Waals surface area contributed by atoms with Crippen LogP contribution >= 0.6 is 0 Å². The molecule has 0 saturated heterocycles. The highest BCUT2D eigenvalue weighted by atomic mass is 19.1. The van der Waals surface area contributed by atoms with Gasteiger partial charge in [0.2, 0.25) is 5.82 Å². The molecule has 6 heteroatoms. The van der Waals surface area contributed by atoms with Gasteiger partial charge in [-0.2, -0.15) is 4.98 Å². The van der Waals surface area contributed by atoms with E-state index in [0.29, 0.717) is 16.8 Å². The second kappa shape index (κ2) is 4.75. The highest BCUT2D eigenvalue weighted by molar-refractivity contribution is 5.95. The predicted molar refractivity (Wildman–Crippen MR) is 66.2 cm³/mol. The van der Waals surface area contributed by atoms with Crippen molar-refractivity contribution in [3.8, 4) is 11.4 Å². The minimum Gasteiger partial charge on any atom is -0.336 e. The molecule has 0 aliphatic heterocycles. The number of benzene rings is 2. The summed E-state index contributed by atoms with van der Waals surface area (Å²) in [4.78, 5) is 8.57. The van der Waals surface area contributed by atoms with E-state index in [1.54, 1.807) is 18.2 Å². The van der Waals surface area contributed by atoms with Gasteiger partial charge in [0.25, 0.3) is 5.89 Å². The molecule has 3 aromatic rings. The summed E-state index contributed by atoms with van der Waals surface area (Å²) in [5, 5.41) is 5.08. The van der Waals surface area contributed by atoms with Crippen LogP contribution in [0.5, 0.6) is 0 Å². The largest absolute Gasteiger partial charge is 0.336 e. The number of hydrogen-bond acceptors (Lipinski definition) is 5. The van der Waals surface area contributed by atoms with Crippen molar-refractivity contribution >= 4 is 10.8 Å². The first kappa shape index (κ1) is 11.8. The van der Waals surface area contributed by atoms with E-state index in [-0.39, 0.29) is 18.3 Å². The van der Waals surface area contributed by atoms with E-state index >= 15 is 0 Å². The van der Waals surface area contributed by atoms with Crippen LogP contribution in [0.4, 0.5) is 4.39 Å². The zero-order valence-electron chi connectivity index (χ0n) is 9.84. The second-order valence-corrected chi connectivity index (χ2v) is 3.96. The molecule has 0 atom stereocenters. The van der Waals surface area contributed by atoms with Gasteiger partial charge in [-0.05, 0) is 17.5 Å². The Labute approximate surface area is 107 Å². The monoisotopic (exact) mass is 259 g/mol. The van der Waals surface area contributed by atoms with Crippen molar-refractivity contribution in [2.45, 2.75) is 6.61 Å². The Morgan fingerprint density at radius 1 is 1.16 bits per heavy atom. The van der Waals surface area contributed by atoms with Crippen LogP contribution in [0.1, 0.15) is 5.89 Å². The summed E-state index contributed by atoms with van der Waals surface area (Å²) in [5.41, 5.74) is 0.698. The smallest absolute Gasteiger partial charge is 0.255 e. The summed E-state index contributed by atoms with van der Waals surface area (Å²) in [5.74, 6) is 5.30. The van der Waals surface area contributed by atoms with Gasteiger partial charge >= 0.3 is 0 Å². The molecule has 1 heterocycles. The van der Waals surface area contributed by atoms with Crippen LogP contribution in [-0.4, -0.2) is 10.1 Å². The molecule has 0 unspecified atom stereocenters. The van der Waals surface area contributed by atoms with Crippen LogP contribution in [0.25, 0.3) is 22.2 Å². The Morgan fingerprint density at radius 3 is 2.74 bits per heavy atom. The third-order valence-electron chi connectivity index (χ3n) is 2.79. The van der Waals surface area contributed by atoms with Gasteiger partial charge in [0.1, 0.15) is 12.4 Å². The van der Waals surface area contributed by atoms with Crippen molar-refractivity contribution in [3.63, 3.8) is 0 Å². The second-order valence-electron chi connectivity index (χ2n) is 3.96. The predicted octanol–water partition coefficient (Wildman–Crippen LogP) is 2.42. The van der Waals surface area contributed by atoms with Crippen molar-refractivity contribution in [3.05, 3.63) is 48.1 Å². The summed E-state index contributed by atoms with van der Waals surface area (Å²) < 4.78 is 18.7. The number of fused-ring (bicyclic) bond motifs is 1. The Balaban J connectivity index is 2.16. The van der Waals surface area contributed by atoms with Gasteiger partial charge in [0, 0.05) is 10.9 Å². The molecule has 19 heavy (non-hydrogen) atoms. The third-order valence-corrected chi connectivity index (χ3v) is 2.79. The quantitative estimate of drug-likeness (QED) is 0.731. The first-order chi connectivity index (χ1) is 9.29. The fraction of sp³-hybridized carbons (Fsp3) is 0.0769. The molecule has 96 valence electrons. The number of halogens is 1. The lowest BCUT2D eigenvalue weighted by Gasteiger charge is -2.03. The molecular formula is C13H10FN3O2. The molecule has 0 spiro atoms. The van der Waals surface area contributed by atoms with Crippen molar-refractivity contribution < 1.29 is 13.8 Å². The summed E-state index contributed by atoms with van der Waals surface area (Å²) in [6.07, 6.45) is 0. The molecule has 1 aromatic heterocycles. The molecule has 2 aromatic carbocycles. The molecule has 0 radical (unpaired) electrons. The van der Waals surface area contributed by atoms with Crippen LogP contribution in [0.15, 0.2) is 40.9 Å². The van der Waals surface area contributed by atoms with Gasteiger partial charge in [-0.15, -0.1) is 0 Å². The average molecular weight is 259 g/mol. The van der Waals surface area contributed by atoms with Crippen LogP contribution in [0, 0.1) is 5.82 Å². The highest BCUT2D eigenvalue weighted by Crippen LogP contribution is 2.28. The Hall–Kier alpha value is -2.31. The number of rotatable bonds is 3. The lowest BCUT2D eigenvalue weighted by molar-refractivity contribution is 0.0996. The first-order valence-corrected chi connectivity index (χ1v) is 5.61. The van der Waals surface area contributed by atoms with Crippen molar-refractivity contribution in [1.29, 1.82) is 0 Å². The SMILES string of the molecule is NOCc1nc(-c2ccc(F)c3ccccc23)no1. The standard InChI is InChI=1S/C13H10FN3O2/c14-11-6-5-10(8-3-1-2-4-9(8)11)13-16-12(7-18-15)19-17-13/h1-6H,7,15H2. The Bertz CT molecular complexity index is 727. The van der Waals surface area contributed by atoms with E-state index in [9.17, 15) is 4.39 Å². The molecule has 0 aliphatic rings. The summed E-state index contributed by atoms with van der Waals surface area (Å²) in [7, 11) is 0. The molecule has 0 aliphatic carbocycles. The zero-order chi connectivity index (χ0) is 13.2. The molecule has 0 saturated carbocycles. The first-order valence-electron chi connectivity index (χ1n) is 5.61.